The Bertz CT molecular complexity index is 909. The first-order valence-corrected chi connectivity index (χ1v) is 8.88. The molecule has 3 aromatic rings. The van der Waals surface area contributed by atoms with E-state index in [1.165, 1.54) is 0 Å². The second-order valence-corrected chi connectivity index (χ2v) is 6.56. The molecular weight excluding hydrogens is 366 g/mol. The number of amides is 1. The van der Waals surface area contributed by atoms with Crippen LogP contribution in [-0.4, -0.2) is 35.1 Å². The lowest BCUT2D eigenvalue weighted by molar-refractivity contribution is -0.130. The molecule has 1 amide bonds. The number of hydrogen-bond acceptors (Lipinski definition) is 5. The topological polar surface area (TPSA) is 68.5 Å². The van der Waals surface area contributed by atoms with Gasteiger partial charge in [-0.05, 0) is 36.2 Å². The molecule has 140 valence electrons. The Balaban J connectivity index is 1.57. The Morgan fingerprint density at radius 2 is 2.00 bits per heavy atom. The quantitative estimate of drug-likeness (QED) is 0.615. The molecule has 1 aromatic heterocycles. The summed E-state index contributed by atoms with van der Waals surface area (Å²) in [5.41, 5.74) is 1.86. The highest BCUT2D eigenvalue weighted by Gasteiger charge is 2.15. The highest BCUT2D eigenvalue weighted by Crippen LogP contribution is 2.21. The monoisotopic (exact) mass is 385 g/mol. The first-order chi connectivity index (χ1) is 13.0. The Hall–Kier alpha value is -2.86. The maximum absolute atomic E-state index is 12.3. The van der Waals surface area contributed by atoms with Gasteiger partial charge in [0.15, 0.2) is 0 Å². The molecule has 1 heterocycles. The summed E-state index contributed by atoms with van der Waals surface area (Å²) >= 11 is 5.87. The first kappa shape index (κ1) is 18.9. The first-order valence-electron chi connectivity index (χ1n) is 8.50. The van der Waals surface area contributed by atoms with Crippen molar-refractivity contribution < 1.29 is 14.1 Å². The number of halogens is 1. The highest BCUT2D eigenvalue weighted by molar-refractivity contribution is 6.30. The van der Waals surface area contributed by atoms with Gasteiger partial charge in [-0.2, -0.15) is 4.98 Å². The number of benzene rings is 2. The zero-order valence-electron chi connectivity index (χ0n) is 15.2. The number of hydrogen-bond donors (Lipinski definition) is 0. The van der Waals surface area contributed by atoms with Gasteiger partial charge in [-0.25, -0.2) is 0 Å². The molecule has 27 heavy (non-hydrogen) atoms. The van der Waals surface area contributed by atoms with Gasteiger partial charge in [0.1, 0.15) is 5.75 Å². The second kappa shape index (κ2) is 8.68. The van der Waals surface area contributed by atoms with Gasteiger partial charge in [0.05, 0.1) is 13.7 Å². The number of rotatable bonds is 7. The SMILES string of the molecule is COc1cccc(-c2noc(CN(C)C(=O)CCc3ccc(Cl)cc3)n2)c1. The third-order valence-corrected chi connectivity index (χ3v) is 4.39. The molecule has 0 aliphatic carbocycles. The molecular formula is C20H20ClN3O3. The Kier molecular flexibility index (Phi) is 6.08. The van der Waals surface area contributed by atoms with Crippen molar-refractivity contribution in [2.45, 2.75) is 19.4 Å². The number of ether oxygens (including phenoxy) is 1. The van der Waals surface area contributed by atoms with Crippen molar-refractivity contribution in [2.75, 3.05) is 14.2 Å². The van der Waals surface area contributed by atoms with Crippen LogP contribution in [0.2, 0.25) is 5.02 Å². The minimum atomic E-state index is 0.00563. The minimum absolute atomic E-state index is 0.00563. The van der Waals surface area contributed by atoms with E-state index in [1.54, 1.807) is 19.1 Å². The second-order valence-electron chi connectivity index (χ2n) is 6.12. The van der Waals surface area contributed by atoms with Gasteiger partial charge in [-0.15, -0.1) is 0 Å². The van der Waals surface area contributed by atoms with Crippen LogP contribution < -0.4 is 4.74 Å². The lowest BCUT2D eigenvalue weighted by Gasteiger charge is -2.14. The van der Waals surface area contributed by atoms with Crippen LogP contribution in [0.1, 0.15) is 17.9 Å². The van der Waals surface area contributed by atoms with Crippen LogP contribution in [0.3, 0.4) is 0 Å². The number of carbonyl (C=O) groups excluding carboxylic acids is 1. The average Bonchev–Trinajstić information content (AvgIpc) is 3.15. The van der Waals surface area contributed by atoms with E-state index in [9.17, 15) is 4.79 Å². The molecule has 0 N–H and O–H groups in total. The van der Waals surface area contributed by atoms with Gasteiger partial charge < -0.3 is 14.2 Å². The lowest BCUT2D eigenvalue weighted by atomic mass is 10.1. The van der Waals surface area contributed by atoms with Crippen molar-refractivity contribution in [1.29, 1.82) is 0 Å². The number of nitrogens with zero attached hydrogens (tertiary/aromatic N) is 3. The molecule has 3 rings (SSSR count). The van der Waals surface area contributed by atoms with E-state index in [4.69, 9.17) is 20.9 Å². The van der Waals surface area contributed by atoms with Crippen LogP contribution in [0.15, 0.2) is 53.1 Å². The van der Waals surface area contributed by atoms with Gasteiger partial charge in [-0.1, -0.05) is 41.0 Å². The molecule has 7 heteroatoms. The van der Waals surface area contributed by atoms with Gasteiger partial charge >= 0.3 is 0 Å². The Morgan fingerprint density at radius 1 is 1.22 bits per heavy atom. The van der Waals surface area contributed by atoms with E-state index >= 15 is 0 Å². The summed E-state index contributed by atoms with van der Waals surface area (Å²) < 4.78 is 10.5. The fourth-order valence-corrected chi connectivity index (χ4v) is 2.71. The van der Waals surface area contributed by atoms with E-state index in [0.717, 1.165) is 11.1 Å². The fraction of sp³-hybridized carbons (Fsp3) is 0.250. The summed E-state index contributed by atoms with van der Waals surface area (Å²) in [6.45, 7) is 0.260. The Labute approximate surface area is 162 Å². The van der Waals surface area contributed by atoms with Gasteiger partial charge in [0.25, 0.3) is 0 Å². The molecule has 6 nitrogen and oxygen atoms in total. The zero-order valence-corrected chi connectivity index (χ0v) is 15.9. The molecule has 0 bridgehead atoms. The van der Waals surface area contributed by atoms with E-state index < -0.39 is 0 Å². The number of aryl methyl sites for hydroxylation is 1. The van der Waals surface area contributed by atoms with Crippen molar-refractivity contribution in [1.82, 2.24) is 15.0 Å². The molecule has 0 atom stereocenters. The van der Waals surface area contributed by atoms with Gasteiger partial charge in [0.2, 0.25) is 17.6 Å². The zero-order chi connectivity index (χ0) is 19.2. The maximum atomic E-state index is 12.3. The van der Waals surface area contributed by atoms with Crippen molar-refractivity contribution in [3.05, 3.63) is 65.0 Å². The molecule has 0 saturated heterocycles. The van der Waals surface area contributed by atoms with E-state index in [-0.39, 0.29) is 12.5 Å². The van der Waals surface area contributed by atoms with E-state index in [2.05, 4.69) is 10.1 Å². The summed E-state index contributed by atoms with van der Waals surface area (Å²) in [6.07, 6.45) is 1.05. The highest BCUT2D eigenvalue weighted by atomic mass is 35.5. The molecule has 2 aromatic carbocycles. The summed E-state index contributed by atoms with van der Waals surface area (Å²) in [6, 6.07) is 14.9. The predicted molar refractivity (Wildman–Crippen MR) is 103 cm³/mol. The third-order valence-electron chi connectivity index (χ3n) is 4.14. The number of methoxy groups -OCH3 is 1. The van der Waals surface area contributed by atoms with Crippen LogP contribution in [-0.2, 0) is 17.8 Å². The standard InChI is InChI=1S/C20H20ClN3O3/c1-24(19(25)11-8-14-6-9-16(21)10-7-14)13-18-22-20(23-27-18)15-4-3-5-17(12-15)26-2/h3-7,9-10,12H,8,11,13H2,1-2H3. The summed E-state index contributed by atoms with van der Waals surface area (Å²) in [5.74, 6) is 1.57. The Morgan fingerprint density at radius 3 is 2.74 bits per heavy atom. The largest absolute Gasteiger partial charge is 0.497 e. The summed E-state index contributed by atoms with van der Waals surface area (Å²) in [7, 11) is 3.32. The summed E-state index contributed by atoms with van der Waals surface area (Å²) in [4.78, 5) is 18.3. The van der Waals surface area contributed by atoms with Crippen LogP contribution in [0.5, 0.6) is 5.75 Å². The van der Waals surface area contributed by atoms with Crippen molar-refractivity contribution in [3.8, 4) is 17.1 Å². The molecule has 0 spiro atoms. The van der Waals surface area contributed by atoms with Crippen molar-refractivity contribution in [2.24, 2.45) is 0 Å². The molecule has 0 radical (unpaired) electrons. The smallest absolute Gasteiger partial charge is 0.246 e. The molecule has 0 aliphatic heterocycles. The van der Waals surface area contributed by atoms with Crippen molar-refractivity contribution >= 4 is 17.5 Å². The van der Waals surface area contributed by atoms with Crippen LogP contribution in [0, 0.1) is 0 Å². The lowest BCUT2D eigenvalue weighted by Crippen LogP contribution is -2.26. The van der Waals surface area contributed by atoms with Gasteiger partial charge in [0, 0.05) is 24.1 Å². The van der Waals surface area contributed by atoms with Crippen LogP contribution in [0.25, 0.3) is 11.4 Å². The van der Waals surface area contributed by atoms with Crippen LogP contribution in [0.4, 0.5) is 0 Å². The van der Waals surface area contributed by atoms with E-state index in [0.29, 0.717) is 35.3 Å². The normalized spacial score (nSPS) is 10.6. The van der Waals surface area contributed by atoms with Crippen LogP contribution >= 0.6 is 11.6 Å². The summed E-state index contributed by atoms with van der Waals surface area (Å²) in [5, 5.41) is 4.67. The molecule has 0 fully saturated rings. The minimum Gasteiger partial charge on any atom is -0.497 e. The molecule has 0 aliphatic rings. The predicted octanol–water partition coefficient (Wildman–Crippen LogP) is 3.99. The fourth-order valence-electron chi connectivity index (χ4n) is 2.58. The van der Waals surface area contributed by atoms with Crippen molar-refractivity contribution in [3.63, 3.8) is 0 Å². The number of aromatic nitrogens is 2. The molecule has 0 saturated carbocycles. The average molecular weight is 386 g/mol. The maximum Gasteiger partial charge on any atom is 0.246 e. The molecule has 0 unspecified atom stereocenters. The van der Waals surface area contributed by atoms with E-state index in [1.807, 2.05) is 48.5 Å². The number of carbonyl (C=O) groups is 1. The third kappa shape index (κ3) is 5.08. The van der Waals surface area contributed by atoms with Gasteiger partial charge in [-0.3, -0.25) is 4.79 Å².